The van der Waals surface area contributed by atoms with E-state index >= 15 is 0 Å². The first kappa shape index (κ1) is 14.6. The topological polar surface area (TPSA) is 64.6 Å². The molecule has 0 bridgehead atoms. The molecule has 0 spiro atoms. The largest absolute Gasteiger partial charge is 0.467 e. The van der Waals surface area contributed by atoms with E-state index in [9.17, 15) is 9.59 Å². The SMILES string of the molecule is C=C(C)C[C@@H](NC(=O)COCC)C(=O)OC. The molecular weight excluding hydrogens is 210 g/mol. The molecule has 1 atom stereocenters. The van der Waals surface area contributed by atoms with Crippen molar-refractivity contribution >= 4 is 11.9 Å². The number of methoxy groups -OCH3 is 1. The fraction of sp³-hybridized carbons (Fsp3) is 0.636. The molecule has 0 fully saturated rings. The third kappa shape index (κ3) is 6.19. The van der Waals surface area contributed by atoms with Crippen LogP contribution in [0.25, 0.3) is 0 Å². The van der Waals surface area contributed by atoms with Crippen LogP contribution in [0.15, 0.2) is 12.2 Å². The Hall–Kier alpha value is -1.36. The molecule has 0 heterocycles. The number of hydrogen-bond donors (Lipinski definition) is 1. The summed E-state index contributed by atoms with van der Waals surface area (Å²) in [6, 6.07) is -0.685. The van der Waals surface area contributed by atoms with Crippen LogP contribution in [-0.2, 0) is 19.1 Å². The third-order valence-corrected chi connectivity index (χ3v) is 1.81. The van der Waals surface area contributed by atoms with Crippen LogP contribution in [0, 0.1) is 0 Å². The Bertz CT molecular complexity index is 263. The monoisotopic (exact) mass is 229 g/mol. The van der Waals surface area contributed by atoms with E-state index in [1.807, 2.05) is 0 Å². The summed E-state index contributed by atoms with van der Waals surface area (Å²) >= 11 is 0. The van der Waals surface area contributed by atoms with E-state index in [0.717, 1.165) is 5.57 Å². The van der Waals surface area contributed by atoms with Gasteiger partial charge in [-0.15, -0.1) is 6.58 Å². The molecule has 0 saturated heterocycles. The fourth-order valence-electron chi connectivity index (χ4n) is 1.11. The van der Waals surface area contributed by atoms with Crippen LogP contribution in [0.2, 0.25) is 0 Å². The molecule has 1 N–H and O–H groups in total. The zero-order valence-corrected chi connectivity index (χ0v) is 10.0. The second kappa shape index (κ2) is 7.87. The summed E-state index contributed by atoms with van der Waals surface area (Å²) in [6.45, 7) is 7.66. The van der Waals surface area contributed by atoms with Crippen molar-refractivity contribution in [2.24, 2.45) is 0 Å². The lowest BCUT2D eigenvalue weighted by molar-refractivity contribution is -0.145. The van der Waals surface area contributed by atoms with E-state index in [1.165, 1.54) is 7.11 Å². The van der Waals surface area contributed by atoms with Crippen molar-refractivity contribution in [2.45, 2.75) is 26.3 Å². The van der Waals surface area contributed by atoms with Gasteiger partial charge in [-0.1, -0.05) is 5.57 Å². The van der Waals surface area contributed by atoms with Gasteiger partial charge in [0.05, 0.1) is 7.11 Å². The second-order valence-electron chi connectivity index (χ2n) is 3.44. The molecule has 16 heavy (non-hydrogen) atoms. The quantitative estimate of drug-likeness (QED) is 0.514. The van der Waals surface area contributed by atoms with Crippen LogP contribution in [0.5, 0.6) is 0 Å². The molecule has 0 unspecified atom stereocenters. The smallest absolute Gasteiger partial charge is 0.328 e. The van der Waals surface area contributed by atoms with Gasteiger partial charge >= 0.3 is 5.97 Å². The maximum Gasteiger partial charge on any atom is 0.328 e. The second-order valence-corrected chi connectivity index (χ2v) is 3.44. The van der Waals surface area contributed by atoms with Crippen molar-refractivity contribution in [3.05, 3.63) is 12.2 Å². The van der Waals surface area contributed by atoms with E-state index in [2.05, 4.69) is 16.6 Å². The number of esters is 1. The van der Waals surface area contributed by atoms with Gasteiger partial charge < -0.3 is 14.8 Å². The van der Waals surface area contributed by atoms with E-state index in [0.29, 0.717) is 13.0 Å². The summed E-state index contributed by atoms with van der Waals surface area (Å²) in [4.78, 5) is 22.7. The molecular formula is C11H19NO4. The number of hydrogen-bond acceptors (Lipinski definition) is 4. The molecule has 5 heteroatoms. The molecule has 0 aromatic rings. The number of carbonyl (C=O) groups excluding carboxylic acids is 2. The molecule has 0 aromatic heterocycles. The highest BCUT2D eigenvalue weighted by molar-refractivity contribution is 5.85. The number of amides is 1. The minimum Gasteiger partial charge on any atom is -0.467 e. The first-order valence-electron chi connectivity index (χ1n) is 5.10. The highest BCUT2D eigenvalue weighted by Gasteiger charge is 2.21. The molecule has 0 radical (unpaired) electrons. The van der Waals surface area contributed by atoms with Crippen molar-refractivity contribution in [2.75, 3.05) is 20.3 Å². The molecule has 0 saturated carbocycles. The Kier molecular flexibility index (Phi) is 7.20. The first-order valence-corrected chi connectivity index (χ1v) is 5.10. The Morgan fingerprint density at radius 2 is 2.06 bits per heavy atom. The Balaban J connectivity index is 4.25. The van der Waals surface area contributed by atoms with E-state index in [4.69, 9.17) is 4.74 Å². The van der Waals surface area contributed by atoms with Crippen LogP contribution >= 0.6 is 0 Å². The number of carbonyl (C=O) groups is 2. The summed E-state index contributed by atoms with van der Waals surface area (Å²) < 4.78 is 9.51. The highest BCUT2D eigenvalue weighted by Crippen LogP contribution is 2.03. The molecule has 0 rings (SSSR count). The van der Waals surface area contributed by atoms with Gasteiger partial charge in [0.1, 0.15) is 12.6 Å². The number of nitrogens with one attached hydrogen (secondary N) is 1. The van der Waals surface area contributed by atoms with Crippen LogP contribution in [0.4, 0.5) is 0 Å². The lowest BCUT2D eigenvalue weighted by Gasteiger charge is -2.16. The summed E-state index contributed by atoms with van der Waals surface area (Å²) in [5.41, 5.74) is 0.798. The number of rotatable bonds is 7. The van der Waals surface area contributed by atoms with Gasteiger partial charge in [0.15, 0.2) is 0 Å². The molecule has 0 aliphatic rings. The molecule has 1 amide bonds. The van der Waals surface area contributed by atoms with Gasteiger partial charge in [-0.05, 0) is 20.3 Å². The number of ether oxygens (including phenoxy) is 2. The van der Waals surface area contributed by atoms with Gasteiger partial charge in [0.2, 0.25) is 5.91 Å². The molecule has 0 aliphatic carbocycles. The molecule has 0 aliphatic heterocycles. The Morgan fingerprint density at radius 3 is 2.50 bits per heavy atom. The lowest BCUT2D eigenvalue weighted by atomic mass is 10.1. The zero-order valence-electron chi connectivity index (χ0n) is 10.0. The average molecular weight is 229 g/mol. The summed E-state index contributed by atoms with van der Waals surface area (Å²) in [5.74, 6) is -0.814. The van der Waals surface area contributed by atoms with E-state index in [-0.39, 0.29) is 12.5 Å². The van der Waals surface area contributed by atoms with Crippen molar-refractivity contribution in [3.8, 4) is 0 Å². The minimum atomic E-state index is -0.685. The van der Waals surface area contributed by atoms with Gasteiger partial charge in [-0.3, -0.25) is 4.79 Å². The minimum absolute atomic E-state index is 0.0554. The van der Waals surface area contributed by atoms with Crippen molar-refractivity contribution < 1.29 is 19.1 Å². The van der Waals surface area contributed by atoms with Crippen molar-refractivity contribution in [1.29, 1.82) is 0 Å². The predicted molar refractivity (Wildman–Crippen MR) is 59.9 cm³/mol. The summed E-state index contributed by atoms with van der Waals surface area (Å²) in [6.07, 6.45) is 0.366. The lowest BCUT2D eigenvalue weighted by Crippen LogP contribution is -2.43. The highest BCUT2D eigenvalue weighted by atomic mass is 16.5. The van der Waals surface area contributed by atoms with Gasteiger partial charge in [-0.2, -0.15) is 0 Å². The molecule has 0 aromatic carbocycles. The third-order valence-electron chi connectivity index (χ3n) is 1.81. The van der Waals surface area contributed by atoms with Crippen LogP contribution in [0.1, 0.15) is 20.3 Å². The van der Waals surface area contributed by atoms with Crippen LogP contribution < -0.4 is 5.32 Å². The maximum absolute atomic E-state index is 11.3. The normalized spacial score (nSPS) is 11.7. The zero-order chi connectivity index (χ0) is 12.6. The molecule has 92 valence electrons. The standard InChI is InChI=1S/C11H19NO4/c1-5-16-7-10(13)12-9(6-8(2)3)11(14)15-4/h9H,2,5-7H2,1,3-4H3,(H,12,13)/t9-/m1/s1. The molecule has 5 nitrogen and oxygen atoms in total. The van der Waals surface area contributed by atoms with Gasteiger partial charge in [-0.25, -0.2) is 4.79 Å². The fourth-order valence-corrected chi connectivity index (χ4v) is 1.11. The summed E-state index contributed by atoms with van der Waals surface area (Å²) in [7, 11) is 1.28. The predicted octanol–water partition coefficient (Wildman–Crippen LogP) is 0.647. The van der Waals surface area contributed by atoms with Crippen molar-refractivity contribution in [3.63, 3.8) is 0 Å². The summed E-state index contributed by atoms with van der Waals surface area (Å²) in [5, 5.41) is 2.53. The van der Waals surface area contributed by atoms with Crippen molar-refractivity contribution in [1.82, 2.24) is 5.32 Å². The Labute approximate surface area is 95.8 Å². The van der Waals surface area contributed by atoms with Crippen LogP contribution in [-0.4, -0.2) is 38.2 Å². The van der Waals surface area contributed by atoms with Gasteiger partial charge in [0, 0.05) is 6.61 Å². The van der Waals surface area contributed by atoms with Crippen LogP contribution in [0.3, 0.4) is 0 Å². The maximum atomic E-state index is 11.3. The first-order chi connectivity index (χ1) is 7.51. The van der Waals surface area contributed by atoms with E-state index < -0.39 is 12.0 Å². The average Bonchev–Trinajstić information content (AvgIpc) is 2.23. The van der Waals surface area contributed by atoms with E-state index in [1.54, 1.807) is 13.8 Å². The Morgan fingerprint density at radius 1 is 1.44 bits per heavy atom. The van der Waals surface area contributed by atoms with Gasteiger partial charge in [0.25, 0.3) is 0 Å².